The Balaban J connectivity index is 1.45. The smallest absolute Gasteiger partial charge is 0.111 e. The van der Waals surface area contributed by atoms with Crippen LogP contribution in [-0.4, -0.2) is 14.1 Å². The second-order valence-electron chi connectivity index (χ2n) is 8.97. The summed E-state index contributed by atoms with van der Waals surface area (Å²) in [5, 5.41) is 28.2. The van der Waals surface area contributed by atoms with Crippen molar-refractivity contribution in [2.75, 3.05) is 30.5 Å². The number of nitrogens with zero attached hydrogens (tertiary/aromatic N) is 7. The number of hydrogen-bond donors (Lipinski definition) is 2. The molecule has 0 saturated carbocycles. The monoisotopic (exact) mass is 513 g/mol. The number of hydrogen-bond acceptors (Lipinski definition) is 9. The van der Waals surface area contributed by atoms with Gasteiger partial charge in [0.2, 0.25) is 0 Å². The number of azo groups is 3. The van der Waals surface area contributed by atoms with Crippen molar-refractivity contribution in [1.29, 1.82) is 0 Å². The summed E-state index contributed by atoms with van der Waals surface area (Å²) in [6.45, 7) is 0. The summed E-state index contributed by atoms with van der Waals surface area (Å²) in [6.07, 6.45) is 0. The van der Waals surface area contributed by atoms with Gasteiger partial charge in [0.15, 0.2) is 0 Å². The van der Waals surface area contributed by atoms with E-state index < -0.39 is 0 Å². The van der Waals surface area contributed by atoms with Gasteiger partial charge in [-0.2, -0.15) is 10.2 Å². The molecule has 5 aromatic carbocycles. The normalized spacial score (nSPS) is 11.7. The Morgan fingerprint density at radius 2 is 0.974 bits per heavy atom. The minimum atomic E-state index is 0.393. The van der Waals surface area contributed by atoms with Gasteiger partial charge >= 0.3 is 0 Å². The first kappa shape index (κ1) is 25.2. The van der Waals surface area contributed by atoms with Crippen LogP contribution in [0.1, 0.15) is 0 Å². The first-order valence-corrected chi connectivity index (χ1v) is 12.3. The van der Waals surface area contributed by atoms with Gasteiger partial charge in [-0.15, -0.1) is 20.5 Å². The van der Waals surface area contributed by atoms with E-state index in [1.165, 1.54) is 0 Å². The molecule has 39 heavy (non-hydrogen) atoms. The second-order valence-corrected chi connectivity index (χ2v) is 8.97. The Kier molecular flexibility index (Phi) is 7.31. The highest BCUT2D eigenvalue weighted by Gasteiger charge is 2.08. The fourth-order valence-electron chi connectivity index (χ4n) is 3.89. The van der Waals surface area contributed by atoms with Crippen LogP contribution >= 0.6 is 0 Å². The Morgan fingerprint density at radius 1 is 0.462 bits per heavy atom. The molecule has 0 atom stereocenters. The molecule has 0 aromatic heterocycles. The molecule has 0 heterocycles. The zero-order valence-corrected chi connectivity index (χ0v) is 21.6. The van der Waals surface area contributed by atoms with Crippen molar-refractivity contribution in [2.45, 2.75) is 0 Å². The van der Waals surface area contributed by atoms with Gasteiger partial charge in [-0.05, 0) is 54.6 Å². The average molecular weight is 514 g/mol. The van der Waals surface area contributed by atoms with Crippen LogP contribution in [0, 0.1) is 0 Å². The summed E-state index contributed by atoms with van der Waals surface area (Å²) in [5.74, 6) is 0. The van der Waals surface area contributed by atoms with Crippen LogP contribution < -0.4 is 16.4 Å². The van der Waals surface area contributed by atoms with Crippen molar-refractivity contribution in [2.24, 2.45) is 30.7 Å². The van der Waals surface area contributed by atoms with Gasteiger partial charge < -0.3 is 16.4 Å². The number of nitrogens with two attached hydrogens (primary N) is 2. The van der Waals surface area contributed by atoms with Crippen LogP contribution in [0.25, 0.3) is 10.8 Å². The van der Waals surface area contributed by atoms with E-state index in [1.54, 1.807) is 12.1 Å². The molecular weight excluding hydrogens is 486 g/mol. The second kappa shape index (κ2) is 11.3. The Labute approximate surface area is 226 Å². The van der Waals surface area contributed by atoms with E-state index in [1.807, 2.05) is 110 Å². The van der Waals surface area contributed by atoms with E-state index in [2.05, 4.69) is 30.7 Å². The third kappa shape index (κ3) is 5.94. The number of rotatable bonds is 7. The van der Waals surface area contributed by atoms with E-state index in [0.29, 0.717) is 34.1 Å². The molecule has 0 aliphatic rings. The lowest BCUT2D eigenvalue weighted by molar-refractivity contribution is 1.13. The number of fused-ring (bicyclic) bond motifs is 1. The molecule has 0 unspecified atom stereocenters. The molecule has 9 nitrogen and oxygen atoms in total. The average Bonchev–Trinajstić information content (AvgIpc) is 2.96. The third-order valence-electron chi connectivity index (χ3n) is 5.97. The molecule has 0 radical (unpaired) electrons. The highest BCUT2D eigenvalue weighted by molar-refractivity contribution is 5.99. The van der Waals surface area contributed by atoms with E-state index in [0.717, 1.165) is 27.8 Å². The van der Waals surface area contributed by atoms with Gasteiger partial charge in [-0.3, -0.25) is 0 Å². The Hall–Kier alpha value is -5.44. The molecule has 0 saturated heterocycles. The quantitative estimate of drug-likeness (QED) is 0.166. The maximum absolute atomic E-state index is 6.19. The minimum Gasteiger partial charge on any atom is -0.397 e. The molecule has 5 rings (SSSR count). The summed E-state index contributed by atoms with van der Waals surface area (Å²) >= 11 is 0. The molecule has 0 amide bonds. The lowest BCUT2D eigenvalue weighted by atomic mass is 10.1. The van der Waals surface area contributed by atoms with Crippen LogP contribution in [0.2, 0.25) is 0 Å². The van der Waals surface area contributed by atoms with E-state index >= 15 is 0 Å². The molecule has 0 aliphatic heterocycles. The maximum atomic E-state index is 6.19. The van der Waals surface area contributed by atoms with E-state index in [9.17, 15) is 0 Å². The van der Waals surface area contributed by atoms with Crippen molar-refractivity contribution in [1.82, 2.24) is 0 Å². The van der Waals surface area contributed by atoms with Crippen LogP contribution in [0.15, 0.2) is 134 Å². The van der Waals surface area contributed by atoms with Crippen molar-refractivity contribution >= 4 is 62.0 Å². The van der Waals surface area contributed by atoms with Crippen LogP contribution in [0.4, 0.5) is 51.2 Å². The topological polar surface area (TPSA) is 129 Å². The van der Waals surface area contributed by atoms with Crippen LogP contribution in [0.5, 0.6) is 0 Å². The number of anilines is 3. The predicted molar refractivity (Wildman–Crippen MR) is 159 cm³/mol. The summed E-state index contributed by atoms with van der Waals surface area (Å²) in [6, 6.07) is 32.2. The zero-order chi connectivity index (χ0) is 27.2. The van der Waals surface area contributed by atoms with E-state index in [4.69, 9.17) is 11.5 Å². The fraction of sp³-hybridized carbons (Fsp3) is 0.0667. The molecule has 0 bridgehead atoms. The van der Waals surface area contributed by atoms with Gasteiger partial charge in [-0.25, -0.2) is 0 Å². The molecule has 4 N–H and O–H groups in total. The Bertz CT molecular complexity index is 1710. The molecule has 0 fully saturated rings. The zero-order valence-electron chi connectivity index (χ0n) is 21.6. The SMILES string of the molecule is CN(C)c1cccc(/N=N/c2ccc(/N=N/c3cc(/N=N/c4ccccc4)c(N)cc3N)c3ccccc23)c1. The summed E-state index contributed by atoms with van der Waals surface area (Å²) < 4.78 is 0. The van der Waals surface area contributed by atoms with Gasteiger partial charge in [0.25, 0.3) is 0 Å². The summed E-state index contributed by atoms with van der Waals surface area (Å²) in [7, 11) is 3.98. The first-order valence-electron chi connectivity index (χ1n) is 12.3. The molecule has 0 spiro atoms. The molecule has 192 valence electrons. The molecule has 9 heteroatoms. The standard InChI is InChI=1S/C30H27N9/c1-39(2)22-12-8-11-21(17-22)34-35-27-15-16-28(24-14-7-6-13-23(24)27)36-38-30-19-29(25(31)18-26(30)32)37-33-20-9-4-3-5-10-20/h3-19H,31-32H2,1-2H3/b35-34+,37-33+,38-36+. The van der Waals surface area contributed by atoms with Crippen molar-refractivity contribution in [3.8, 4) is 0 Å². The lowest BCUT2D eigenvalue weighted by Gasteiger charge is -2.11. The molecular formula is C30H27N9. The highest BCUT2D eigenvalue weighted by atomic mass is 15.1. The van der Waals surface area contributed by atoms with Gasteiger partial charge in [0.05, 0.1) is 34.1 Å². The largest absolute Gasteiger partial charge is 0.397 e. The molecule has 0 aliphatic carbocycles. The predicted octanol–water partition coefficient (Wildman–Crippen LogP) is 9.32. The minimum absolute atomic E-state index is 0.393. The van der Waals surface area contributed by atoms with Crippen molar-refractivity contribution in [3.05, 3.63) is 103 Å². The number of benzene rings is 5. The number of nitrogen functional groups attached to an aromatic ring is 2. The van der Waals surface area contributed by atoms with Crippen molar-refractivity contribution < 1.29 is 0 Å². The maximum Gasteiger partial charge on any atom is 0.111 e. The van der Waals surface area contributed by atoms with Gasteiger partial charge in [0.1, 0.15) is 11.4 Å². The Morgan fingerprint density at radius 3 is 1.62 bits per heavy atom. The fourth-order valence-corrected chi connectivity index (χ4v) is 3.89. The van der Waals surface area contributed by atoms with Gasteiger partial charge in [0, 0.05) is 30.6 Å². The highest BCUT2D eigenvalue weighted by Crippen LogP contribution is 2.38. The first-order chi connectivity index (χ1) is 19.0. The van der Waals surface area contributed by atoms with E-state index in [-0.39, 0.29) is 0 Å². The third-order valence-corrected chi connectivity index (χ3v) is 5.97. The van der Waals surface area contributed by atoms with Crippen molar-refractivity contribution in [3.63, 3.8) is 0 Å². The van der Waals surface area contributed by atoms with Crippen LogP contribution in [-0.2, 0) is 0 Å². The summed E-state index contributed by atoms with van der Waals surface area (Å²) in [4.78, 5) is 2.02. The summed E-state index contributed by atoms with van der Waals surface area (Å²) in [5.41, 5.74) is 17.9. The molecule has 5 aromatic rings. The van der Waals surface area contributed by atoms with Crippen LogP contribution in [0.3, 0.4) is 0 Å². The lowest BCUT2D eigenvalue weighted by Crippen LogP contribution is -2.07. The van der Waals surface area contributed by atoms with Gasteiger partial charge in [-0.1, -0.05) is 48.5 Å².